The third-order valence-corrected chi connectivity index (χ3v) is 3.92. The van der Waals surface area contributed by atoms with E-state index < -0.39 is 0 Å². The van der Waals surface area contributed by atoms with Crippen LogP contribution in [0.4, 0.5) is 5.69 Å². The molecule has 0 saturated carbocycles. The molecule has 0 amide bonds. The van der Waals surface area contributed by atoms with E-state index >= 15 is 0 Å². The summed E-state index contributed by atoms with van der Waals surface area (Å²) in [5.74, 6) is 1.08. The Bertz CT molecular complexity index is 408. The highest BCUT2D eigenvalue weighted by molar-refractivity contribution is 7.98. The Hall–Kier alpha value is -0.670. The second kappa shape index (κ2) is 6.31. The molecule has 17 heavy (non-hydrogen) atoms. The third-order valence-electron chi connectivity index (χ3n) is 2.80. The summed E-state index contributed by atoms with van der Waals surface area (Å²) >= 11 is 8.02. The van der Waals surface area contributed by atoms with E-state index in [1.165, 1.54) is 0 Å². The van der Waals surface area contributed by atoms with E-state index in [2.05, 4.69) is 18.1 Å². The first kappa shape index (κ1) is 14.4. The number of hydrogen-bond donors (Lipinski definition) is 0. The lowest BCUT2D eigenvalue weighted by molar-refractivity contribution is 0.101. The van der Waals surface area contributed by atoms with Crippen LogP contribution in [-0.4, -0.2) is 30.9 Å². The fourth-order valence-corrected chi connectivity index (χ4v) is 2.62. The maximum Gasteiger partial charge on any atom is 0.159 e. The normalized spacial score (nSPS) is 12.3. The first-order valence-corrected chi connectivity index (χ1v) is 7.26. The average molecular weight is 272 g/mol. The number of Topliss-reactive ketones (excluding diaryl/α,β-unsaturated/α-hetero) is 1. The van der Waals surface area contributed by atoms with Crippen LogP contribution < -0.4 is 4.90 Å². The molecule has 0 aliphatic rings. The molecule has 1 unspecified atom stereocenters. The zero-order chi connectivity index (χ0) is 13.0. The van der Waals surface area contributed by atoms with Crippen molar-refractivity contribution in [1.29, 1.82) is 0 Å². The van der Waals surface area contributed by atoms with Gasteiger partial charge in [0, 0.05) is 24.4 Å². The lowest BCUT2D eigenvalue weighted by Crippen LogP contribution is -2.31. The molecule has 0 saturated heterocycles. The predicted molar refractivity (Wildman–Crippen MR) is 77.7 cm³/mol. The van der Waals surface area contributed by atoms with E-state index in [4.69, 9.17) is 11.6 Å². The van der Waals surface area contributed by atoms with Gasteiger partial charge >= 0.3 is 0 Å². The molecule has 1 atom stereocenters. The number of nitrogens with zero attached hydrogens (tertiary/aromatic N) is 1. The lowest BCUT2D eigenvalue weighted by atomic mass is 10.1. The van der Waals surface area contributed by atoms with Crippen LogP contribution in [0.2, 0.25) is 5.02 Å². The van der Waals surface area contributed by atoms with Crippen LogP contribution in [0, 0.1) is 0 Å². The van der Waals surface area contributed by atoms with Crippen LogP contribution in [0.3, 0.4) is 0 Å². The summed E-state index contributed by atoms with van der Waals surface area (Å²) in [6, 6.07) is 5.88. The van der Waals surface area contributed by atoms with Crippen molar-refractivity contribution < 1.29 is 4.79 Å². The third kappa shape index (κ3) is 3.65. The van der Waals surface area contributed by atoms with Crippen LogP contribution in [0.15, 0.2) is 18.2 Å². The molecular weight excluding hydrogens is 254 g/mol. The molecular formula is C13H18ClNOS. The van der Waals surface area contributed by atoms with Crippen molar-refractivity contribution in [3.8, 4) is 0 Å². The Morgan fingerprint density at radius 1 is 1.53 bits per heavy atom. The summed E-state index contributed by atoms with van der Waals surface area (Å²) in [4.78, 5) is 13.4. The summed E-state index contributed by atoms with van der Waals surface area (Å²) < 4.78 is 0. The summed E-state index contributed by atoms with van der Waals surface area (Å²) in [6.07, 6.45) is 2.09. The molecule has 0 aromatic heterocycles. The first-order valence-electron chi connectivity index (χ1n) is 5.49. The van der Waals surface area contributed by atoms with Crippen LogP contribution in [0.5, 0.6) is 0 Å². The zero-order valence-corrected chi connectivity index (χ0v) is 12.2. The predicted octanol–water partition coefficient (Wildman–Crippen LogP) is 3.73. The van der Waals surface area contributed by atoms with Crippen LogP contribution in [-0.2, 0) is 0 Å². The summed E-state index contributed by atoms with van der Waals surface area (Å²) in [7, 11) is 2.02. The van der Waals surface area contributed by atoms with E-state index in [1.807, 2.05) is 30.9 Å². The molecule has 0 fully saturated rings. The minimum absolute atomic E-state index is 0.0401. The van der Waals surface area contributed by atoms with Gasteiger partial charge in [-0.1, -0.05) is 11.6 Å². The maximum absolute atomic E-state index is 11.2. The molecule has 0 N–H and O–H groups in total. The van der Waals surface area contributed by atoms with Gasteiger partial charge in [0.25, 0.3) is 0 Å². The number of halogens is 1. The largest absolute Gasteiger partial charge is 0.370 e. The second-order valence-electron chi connectivity index (χ2n) is 4.14. The Kier molecular flexibility index (Phi) is 5.34. The van der Waals surface area contributed by atoms with E-state index in [0.29, 0.717) is 16.6 Å². The minimum atomic E-state index is 0.0401. The fourth-order valence-electron chi connectivity index (χ4n) is 1.60. The van der Waals surface area contributed by atoms with Crippen molar-refractivity contribution in [2.45, 2.75) is 19.9 Å². The van der Waals surface area contributed by atoms with Crippen LogP contribution in [0.1, 0.15) is 24.2 Å². The Morgan fingerprint density at radius 2 is 2.18 bits per heavy atom. The minimum Gasteiger partial charge on any atom is -0.370 e. The second-order valence-corrected chi connectivity index (χ2v) is 5.46. The zero-order valence-electron chi connectivity index (χ0n) is 10.7. The van der Waals surface area contributed by atoms with Gasteiger partial charge in [0.15, 0.2) is 5.78 Å². The molecule has 2 nitrogen and oxygen atoms in total. The molecule has 1 rings (SSSR count). The number of carbonyl (C=O) groups excluding carboxylic acids is 1. The van der Waals surface area contributed by atoms with E-state index in [9.17, 15) is 4.79 Å². The number of hydrogen-bond acceptors (Lipinski definition) is 3. The van der Waals surface area contributed by atoms with Gasteiger partial charge in [0.1, 0.15) is 0 Å². The first-order chi connectivity index (χ1) is 7.97. The smallest absolute Gasteiger partial charge is 0.159 e. The Morgan fingerprint density at radius 3 is 2.65 bits per heavy atom. The molecule has 1 aromatic carbocycles. The number of thioether (sulfide) groups is 1. The molecule has 0 aliphatic carbocycles. The van der Waals surface area contributed by atoms with Crippen molar-refractivity contribution in [3.63, 3.8) is 0 Å². The van der Waals surface area contributed by atoms with Crippen LogP contribution >= 0.6 is 23.4 Å². The van der Waals surface area contributed by atoms with Crippen LogP contribution in [0.25, 0.3) is 0 Å². The van der Waals surface area contributed by atoms with Gasteiger partial charge in [-0.2, -0.15) is 11.8 Å². The number of benzene rings is 1. The van der Waals surface area contributed by atoms with Gasteiger partial charge in [-0.3, -0.25) is 4.79 Å². The molecule has 0 spiro atoms. The topological polar surface area (TPSA) is 20.3 Å². The lowest BCUT2D eigenvalue weighted by Gasteiger charge is -2.27. The fraction of sp³-hybridized carbons (Fsp3) is 0.462. The molecule has 94 valence electrons. The van der Waals surface area contributed by atoms with Crippen molar-refractivity contribution in [2.75, 3.05) is 24.0 Å². The monoisotopic (exact) mass is 271 g/mol. The molecule has 0 aliphatic heterocycles. The molecule has 0 bridgehead atoms. The number of anilines is 1. The highest BCUT2D eigenvalue weighted by atomic mass is 35.5. The quantitative estimate of drug-likeness (QED) is 0.761. The number of ketones is 1. The van der Waals surface area contributed by atoms with Crippen molar-refractivity contribution in [1.82, 2.24) is 0 Å². The Labute approximate surface area is 112 Å². The summed E-state index contributed by atoms with van der Waals surface area (Å²) in [5, 5.41) is 0.633. The van der Waals surface area contributed by atoms with Gasteiger partial charge in [0.05, 0.1) is 10.7 Å². The van der Waals surface area contributed by atoms with Gasteiger partial charge in [0.2, 0.25) is 0 Å². The molecule has 0 radical (unpaired) electrons. The SMILES string of the molecule is CSCC(C)N(C)c1ccc(C(C)=O)cc1Cl. The molecule has 1 aromatic rings. The van der Waals surface area contributed by atoms with E-state index in [0.717, 1.165) is 11.4 Å². The molecule has 0 heterocycles. The van der Waals surface area contributed by atoms with E-state index in [-0.39, 0.29) is 5.78 Å². The number of carbonyl (C=O) groups is 1. The highest BCUT2D eigenvalue weighted by Gasteiger charge is 2.13. The van der Waals surface area contributed by atoms with Crippen molar-refractivity contribution in [2.24, 2.45) is 0 Å². The highest BCUT2D eigenvalue weighted by Crippen LogP contribution is 2.28. The van der Waals surface area contributed by atoms with Crippen molar-refractivity contribution in [3.05, 3.63) is 28.8 Å². The standard InChI is InChI=1S/C13H18ClNOS/c1-9(8-17-4)15(3)13-6-5-11(10(2)16)7-12(13)14/h5-7,9H,8H2,1-4H3. The number of rotatable bonds is 5. The maximum atomic E-state index is 11.2. The van der Waals surface area contributed by atoms with Gasteiger partial charge in [-0.15, -0.1) is 0 Å². The van der Waals surface area contributed by atoms with Crippen molar-refractivity contribution >= 4 is 34.8 Å². The van der Waals surface area contributed by atoms with E-state index in [1.54, 1.807) is 13.0 Å². The summed E-state index contributed by atoms with van der Waals surface area (Å²) in [5.41, 5.74) is 1.63. The van der Waals surface area contributed by atoms with Gasteiger partial charge in [-0.05, 0) is 38.3 Å². The average Bonchev–Trinajstić information content (AvgIpc) is 2.28. The van der Waals surface area contributed by atoms with Gasteiger partial charge < -0.3 is 4.90 Å². The molecule has 4 heteroatoms. The Balaban J connectivity index is 2.95. The summed E-state index contributed by atoms with van der Waals surface area (Å²) in [6.45, 7) is 3.71. The van der Waals surface area contributed by atoms with Gasteiger partial charge in [-0.25, -0.2) is 0 Å².